The first-order valence-electron chi connectivity index (χ1n) is 3.79. The summed E-state index contributed by atoms with van der Waals surface area (Å²) in [5.74, 6) is -0.00588. The van der Waals surface area contributed by atoms with E-state index in [0.29, 0.717) is 19.5 Å². The van der Waals surface area contributed by atoms with Crippen molar-refractivity contribution in [1.82, 2.24) is 4.31 Å². The van der Waals surface area contributed by atoms with Gasteiger partial charge in [0.25, 0.3) is 0 Å². The molecular weight excluding hydrogens is 176 g/mol. The van der Waals surface area contributed by atoms with Crippen LogP contribution in [0.25, 0.3) is 0 Å². The fourth-order valence-electron chi connectivity index (χ4n) is 0.729. The number of nitrogens with zero attached hydrogens (tertiary/aromatic N) is 1. The predicted octanol–water partition coefficient (Wildman–Crippen LogP) is -0.217. The molecule has 0 saturated carbocycles. The largest absolute Gasteiger partial charge is 0.330 e. The fourth-order valence-corrected chi connectivity index (χ4v) is 1.69. The third kappa shape index (κ3) is 3.85. The minimum Gasteiger partial charge on any atom is -0.330 e. The molecule has 0 aromatic carbocycles. The maximum Gasteiger partial charge on any atom is 0.217 e. The van der Waals surface area contributed by atoms with E-state index in [2.05, 4.69) is 6.58 Å². The standard InChI is InChI=1S/C7H16N2O2S/c1-3-7-12(10,11)9(2)6-4-5-8/h3H,1,4-8H2,2H3. The van der Waals surface area contributed by atoms with Crippen LogP contribution in [0.4, 0.5) is 0 Å². The maximum atomic E-state index is 11.3. The Hall–Kier alpha value is -0.390. The smallest absolute Gasteiger partial charge is 0.217 e. The van der Waals surface area contributed by atoms with Gasteiger partial charge >= 0.3 is 0 Å². The first kappa shape index (κ1) is 11.6. The Labute approximate surface area is 74.1 Å². The topological polar surface area (TPSA) is 63.4 Å². The summed E-state index contributed by atoms with van der Waals surface area (Å²) in [6.45, 7) is 4.36. The van der Waals surface area contributed by atoms with Crippen LogP contribution >= 0.6 is 0 Å². The number of nitrogens with two attached hydrogens (primary N) is 1. The second kappa shape index (κ2) is 5.29. The van der Waals surface area contributed by atoms with E-state index in [1.807, 2.05) is 0 Å². The zero-order valence-electron chi connectivity index (χ0n) is 7.36. The average Bonchev–Trinajstić information content (AvgIpc) is 2.00. The van der Waals surface area contributed by atoms with Crippen molar-refractivity contribution in [2.45, 2.75) is 6.42 Å². The minimum absolute atomic E-state index is 0.00588. The quantitative estimate of drug-likeness (QED) is 0.592. The van der Waals surface area contributed by atoms with Gasteiger partial charge in [-0.3, -0.25) is 0 Å². The normalized spacial score (nSPS) is 11.9. The van der Waals surface area contributed by atoms with Crippen LogP contribution in [-0.4, -0.2) is 38.6 Å². The van der Waals surface area contributed by atoms with Crippen molar-refractivity contribution >= 4 is 10.0 Å². The van der Waals surface area contributed by atoms with Gasteiger partial charge in [0.1, 0.15) is 0 Å². The first-order chi connectivity index (χ1) is 5.54. The zero-order chi connectivity index (χ0) is 9.61. The highest BCUT2D eigenvalue weighted by Crippen LogP contribution is 1.98. The lowest BCUT2D eigenvalue weighted by Crippen LogP contribution is -2.30. The summed E-state index contributed by atoms with van der Waals surface area (Å²) in [6, 6.07) is 0. The first-order valence-corrected chi connectivity index (χ1v) is 5.40. The molecule has 72 valence electrons. The van der Waals surface area contributed by atoms with Crippen molar-refractivity contribution in [3.8, 4) is 0 Å². The van der Waals surface area contributed by atoms with Gasteiger partial charge in [0, 0.05) is 13.6 Å². The average molecular weight is 192 g/mol. The van der Waals surface area contributed by atoms with Crippen LogP contribution in [0.1, 0.15) is 6.42 Å². The monoisotopic (exact) mass is 192 g/mol. The third-order valence-electron chi connectivity index (χ3n) is 1.48. The van der Waals surface area contributed by atoms with Gasteiger partial charge in [-0.15, -0.1) is 6.58 Å². The summed E-state index contributed by atoms with van der Waals surface area (Å²) in [5.41, 5.74) is 5.25. The highest BCUT2D eigenvalue weighted by atomic mass is 32.2. The highest BCUT2D eigenvalue weighted by Gasteiger charge is 2.14. The molecule has 0 radical (unpaired) electrons. The number of hydrogen-bond donors (Lipinski definition) is 1. The maximum absolute atomic E-state index is 11.3. The van der Waals surface area contributed by atoms with Crippen molar-refractivity contribution in [2.24, 2.45) is 5.73 Å². The molecule has 4 nitrogen and oxygen atoms in total. The molecule has 0 aliphatic rings. The summed E-state index contributed by atoms with van der Waals surface area (Å²) >= 11 is 0. The van der Waals surface area contributed by atoms with E-state index < -0.39 is 10.0 Å². The summed E-state index contributed by atoms with van der Waals surface area (Å²) in [5, 5.41) is 0. The molecule has 0 amide bonds. The van der Waals surface area contributed by atoms with Gasteiger partial charge in [-0.2, -0.15) is 0 Å². The van der Waals surface area contributed by atoms with Crippen LogP contribution in [0.3, 0.4) is 0 Å². The van der Waals surface area contributed by atoms with E-state index in [4.69, 9.17) is 5.73 Å². The Kier molecular flexibility index (Phi) is 5.12. The van der Waals surface area contributed by atoms with E-state index in [1.54, 1.807) is 7.05 Å². The number of hydrogen-bond acceptors (Lipinski definition) is 3. The molecule has 0 aromatic heterocycles. The van der Waals surface area contributed by atoms with Gasteiger partial charge in [0.05, 0.1) is 5.75 Å². The Bertz CT molecular complexity index is 224. The lowest BCUT2D eigenvalue weighted by molar-refractivity contribution is 0.466. The van der Waals surface area contributed by atoms with Crippen LogP contribution in [0.2, 0.25) is 0 Å². The molecule has 0 spiro atoms. The number of rotatable bonds is 6. The molecule has 0 saturated heterocycles. The van der Waals surface area contributed by atoms with E-state index in [0.717, 1.165) is 0 Å². The predicted molar refractivity (Wildman–Crippen MR) is 50.3 cm³/mol. The molecular formula is C7H16N2O2S. The van der Waals surface area contributed by atoms with Crippen molar-refractivity contribution in [3.05, 3.63) is 12.7 Å². The summed E-state index contributed by atoms with van der Waals surface area (Å²) in [6.07, 6.45) is 2.07. The van der Waals surface area contributed by atoms with E-state index in [1.165, 1.54) is 10.4 Å². The molecule has 0 aromatic rings. The molecule has 0 atom stereocenters. The number of sulfonamides is 1. The Morgan fingerprint density at radius 3 is 2.58 bits per heavy atom. The van der Waals surface area contributed by atoms with Gasteiger partial charge in [-0.1, -0.05) is 6.08 Å². The van der Waals surface area contributed by atoms with Crippen molar-refractivity contribution in [3.63, 3.8) is 0 Å². The van der Waals surface area contributed by atoms with Crippen LogP contribution in [0.15, 0.2) is 12.7 Å². The molecule has 2 N–H and O–H groups in total. The summed E-state index contributed by atoms with van der Waals surface area (Å²) in [7, 11) is -1.57. The molecule has 0 bridgehead atoms. The van der Waals surface area contributed by atoms with Crippen LogP contribution in [-0.2, 0) is 10.0 Å². The van der Waals surface area contributed by atoms with Gasteiger partial charge in [0.2, 0.25) is 10.0 Å². The Balaban J connectivity index is 4.06. The van der Waals surface area contributed by atoms with Crippen molar-refractivity contribution < 1.29 is 8.42 Å². The van der Waals surface area contributed by atoms with E-state index in [9.17, 15) is 8.42 Å². The molecule has 12 heavy (non-hydrogen) atoms. The van der Waals surface area contributed by atoms with Gasteiger partial charge in [-0.25, -0.2) is 12.7 Å². The van der Waals surface area contributed by atoms with E-state index in [-0.39, 0.29) is 5.75 Å². The summed E-state index contributed by atoms with van der Waals surface area (Å²) < 4.78 is 23.8. The second-order valence-electron chi connectivity index (χ2n) is 2.53. The molecule has 0 aliphatic heterocycles. The van der Waals surface area contributed by atoms with Crippen molar-refractivity contribution in [1.29, 1.82) is 0 Å². The minimum atomic E-state index is -3.12. The lowest BCUT2D eigenvalue weighted by Gasteiger charge is -2.14. The van der Waals surface area contributed by atoms with Crippen LogP contribution < -0.4 is 5.73 Å². The zero-order valence-corrected chi connectivity index (χ0v) is 8.18. The summed E-state index contributed by atoms with van der Waals surface area (Å²) in [4.78, 5) is 0. The Morgan fingerprint density at radius 2 is 2.17 bits per heavy atom. The second-order valence-corrected chi connectivity index (χ2v) is 4.65. The van der Waals surface area contributed by atoms with Crippen molar-refractivity contribution in [2.75, 3.05) is 25.9 Å². The molecule has 5 heteroatoms. The third-order valence-corrected chi connectivity index (χ3v) is 3.27. The molecule has 0 rings (SSSR count). The SMILES string of the molecule is C=CCS(=O)(=O)N(C)CCCN. The van der Waals surface area contributed by atoms with E-state index >= 15 is 0 Å². The highest BCUT2D eigenvalue weighted by molar-refractivity contribution is 7.89. The van der Waals surface area contributed by atoms with Crippen LogP contribution in [0, 0.1) is 0 Å². The fraction of sp³-hybridized carbons (Fsp3) is 0.714. The van der Waals surface area contributed by atoms with Gasteiger partial charge in [-0.05, 0) is 13.0 Å². The van der Waals surface area contributed by atoms with Gasteiger partial charge < -0.3 is 5.73 Å². The van der Waals surface area contributed by atoms with Crippen LogP contribution in [0.5, 0.6) is 0 Å². The molecule has 0 fully saturated rings. The Morgan fingerprint density at radius 1 is 1.58 bits per heavy atom. The molecule has 0 aliphatic carbocycles. The van der Waals surface area contributed by atoms with Gasteiger partial charge in [0.15, 0.2) is 0 Å². The lowest BCUT2D eigenvalue weighted by atomic mass is 10.4. The molecule has 0 unspecified atom stereocenters. The molecule has 0 heterocycles.